The molecule has 3 aliphatic heterocycles. The van der Waals surface area contributed by atoms with Crippen molar-refractivity contribution in [2.75, 3.05) is 104 Å². The highest BCUT2D eigenvalue weighted by Gasteiger charge is 2.30. The molecule has 0 spiro atoms. The smallest absolute Gasteiger partial charge is 0.412 e. The van der Waals surface area contributed by atoms with Crippen LogP contribution in [0.15, 0.2) is 164 Å². The number of benzene rings is 6. The van der Waals surface area contributed by atoms with Gasteiger partial charge in [-0.15, -0.1) is 0 Å². The van der Waals surface area contributed by atoms with E-state index in [0.717, 1.165) is 51.6 Å². The van der Waals surface area contributed by atoms with E-state index >= 15 is 0 Å². The fraction of sp³-hybridized carbons (Fsp3) is 0.393. The van der Waals surface area contributed by atoms with E-state index in [1.165, 1.54) is 118 Å². The molecule has 0 aliphatic carbocycles. The van der Waals surface area contributed by atoms with E-state index in [1.807, 2.05) is 9.80 Å². The molecule has 131 heavy (non-hydrogen) atoms. The molecule has 42 heteroatoms. The molecule has 3 fully saturated rings. The molecule has 3 aromatic heterocycles. The number of halogens is 9. The third-order valence-electron chi connectivity index (χ3n) is 21.4. The summed E-state index contributed by atoms with van der Waals surface area (Å²) >= 11 is 18.0. The highest BCUT2D eigenvalue weighted by Crippen LogP contribution is 2.30. The van der Waals surface area contributed by atoms with Crippen LogP contribution < -0.4 is 16.0 Å². The van der Waals surface area contributed by atoms with Crippen molar-refractivity contribution >= 4 is 140 Å². The lowest BCUT2D eigenvalue weighted by atomic mass is 10.1. The average Bonchev–Trinajstić information content (AvgIpc) is 1.83. The Balaban J connectivity index is 0.000000279. The average molecular weight is 1940 g/mol. The van der Waals surface area contributed by atoms with Crippen LogP contribution in [0.5, 0.6) is 0 Å². The maximum atomic E-state index is 13.8. The number of likely N-dealkylation sites (N-methyl/N-ethyl adjacent to an activating group) is 3. The first-order valence-corrected chi connectivity index (χ1v) is 42.6. The van der Waals surface area contributed by atoms with E-state index in [-0.39, 0.29) is 203 Å². The molecule has 706 valence electrons. The minimum absolute atomic E-state index is 0. The van der Waals surface area contributed by atoms with Gasteiger partial charge in [-0.25, -0.2) is 35.9 Å². The number of carbonyl (C=O) groups is 9. The highest BCUT2D eigenvalue weighted by atomic mass is 35.5. The van der Waals surface area contributed by atoms with Crippen LogP contribution in [0.2, 0.25) is 15.1 Å². The molecule has 3 saturated heterocycles. The lowest BCUT2D eigenvalue weighted by Crippen LogP contribution is -2.47. The third-order valence-corrected chi connectivity index (χ3v) is 22.7. The van der Waals surface area contributed by atoms with E-state index in [4.69, 9.17) is 63.4 Å². The molecule has 12 rings (SSSR count). The Labute approximate surface area is 788 Å². The number of likely N-dealkylation sites (tertiary alicyclic amines) is 2. The summed E-state index contributed by atoms with van der Waals surface area (Å²) in [6, 6.07) is 33.0. The number of amides is 9. The standard InChI is InChI=1S/C30H33ClF2N4O5.C29H32ClF2N5O5.C20H28ClFN2O3.C10H5FN4O2.3H2S/c1-36(27(38)13-11-20-7-6-10-24(33)29(20)31)23(12-14-28(39)37-15-3-2-4-16-37)19-41-30(40)34-26-18-25(42-35-26)21-8-5-9-22(32)17-21;1-36(26(38)10-8-19-4-3-7-23(32)28(19)30)22(9-11-27(39)37-14-12-33-13-15-37)18-41-29(40)34-25-17-24(42-35-25)20-5-2-6-21(31)16-20;1-23(18(26)10-8-15-6-5-7-17(22)20(15)21)16(14-25)9-11-19(27)24-12-3-2-4-13-24;11-7-3-1-2-6(4-7)9-5-8(14-17-9)10(16)13-15-12;;;/h5-10,17-18,23H,2-4,11-16,19H2,1H3,(H,34,35,40);2-7,16-17,22,33H,8-15,18H2,1H3,(H,34,35,40);5-7,16,25H,2-4,8-14H2,1H3;1-5H;3*1H2/t23-;22-;16-;;;;/m000..../s1. The number of aryl methyl sites for hydroxylation is 3. The number of aliphatic hydroxyl groups is 1. The molecule has 0 bridgehead atoms. The third kappa shape index (κ3) is 34.4. The molecular formula is C89H104Cl3F6N15O15S3. The largest absolute Gasteiger partial charge is 0.447 e. The number of piperidine rings is 2. The van der Waals surface area contributed by atoms with Crippen LogP contribution in [0.25, 0.3) is 44.4 Å². The number of piperazine rings is 1. The minimum atomic E-state index is -0.848. The van der Waals surface area contributed by atoms with Crippen LogP contribution >= 0.6 is 75.3 Å². The molecule has 30 nitrogen and oxygen atoms in total. The second-order valence-corrected chi connectivity index (χ2v) is 31.3. The van der Waals surface area contributed by atoms with Crippen molar-refractivity contribution in [3.05, 3.63) is 228 Å². The molecule has 9 aromatic rings. The zero-order valence-corrected chi connectivity index (χ0v) is 77.3. The van der Waals surface area contributed by atoms with Crippen LogP contribution in [-0.2, 0) is 57.5 Å². The van der Waals surface area contributed by atoms with E-state index < -0.39 is 71.1 Å². The predicted octanol–water partition coefficient (Wildman–Crippen LogP) is 16.9. The van der Waals surface area contributed by atoms with Crippen molar-refractivity contribution in [2.45, 2.75) is 134 Å². The van der Waals surface area contributed by atoms with Gasteiger partial charge < -0.3 is 62.9 Å². The van der Waals surface area contributed by atoms with Gasteiger partial charge in [0.2, 0.25) is 35.4 Å². The number of carbonyl (C=O) groups excluding carboxylic acids is 9. The first-order chi connectivity index (χ1) is 61.6. The zero-order valence-electron chi connectivity index (χ0n) is 72.0. The summed E-state index contributed by atoms with van der Waals surface area (Å²) in [4.78, 5) is 125. The molecule has 0 unspecified atom stereocenters. The Morgan fingerprint density at radius 1 is 0.466 bits per heavy atom. The van der Waals surface area contributed by atoms with Gasteiger partial charge >= 0.3 is 12.2 Å². The molecule has 0 saturated carbocycles. The molecule has 9 amide bonds. The molecule has 0 radical (unpaired) electrons. The lowest BCUT2D eigenvalue weighted by molar-refractivity contribution is -0.136. The fourth-order valence-electron chi connectivity index (χ4n) is 13.9. The quantitative estimate of drug-likeness (QED) is 0.0132. The summed E-state index contributed by atoms with van der Waals surface area (Å²) in [7, 11) is 4.77. The number of hydrogen-bond acceptors (Lipinski definition) is 19. The van der Waals surface area contributed by atoms with E-state index in [1.54, 1.807) is 68.5 Å². The second-order valence-electron chi connectivity index (χ2n) is 30.1. The number of anilines is 2. The monoisotopic (exact) mass is 1940 g/mol. The van der Waals surface area contributed by atoms with Crippen LogP contribution in [0.1, 0.15) is 123 Å². The van der Waals surface area contributed by atoms with Gasteiger partial charge in [0.1, 0.15) is 48.1 Å². The number of aliphatic hydroxyl groups excluding tert-OH is 1. The number of rotatable bonds is 32. The van der Waals surface area contributed by atoms with Gasteiger partial charge in [0.15, 0.2) is 34.6 Å². The van der Waals surface area contributed by atoms with E-state index in [0.29, 0.717) is 91.9 Å². The fourth-order valence-corrected chi connectivity index (χ4v) is 14.6. The van der Waals surface area contributed by atoms with Gasteiger partial charge in [-0.1, -0.05) is 123 Å². The van der Waals surface area contributed by atoms with Crippen molar-refractivity contribution in [2.24, 2.45) is 5.11 Å². The maximum absolute atomic E-state index is 13.8. The summed E-state index contributed by atoms with van der Waals surface area (Å²) in [5.74, 6) is -3.64. The first kappa shape index (κ1) is 108. The Morgan fingerprint density at radius 2 is 0.794 bits per heavy atom. The Kier molecular flexibility index (Phi) is 46.2. The van der Waals surface area contributed by atoms with Crippen LogP contribution in [0, 0.1) is 34.9 Å². The molecule has 6 aromatic carbocycles. The molecule has 3 atom stereocenters. The summed E-state index contributed by atoms with van der Waals surface area (Å²) in [6.07, 6.45) is 7.19. The first-order valence-electron chi connectivity index (χ1n) is 41.4. The normalized spacial score (nSPS) is 13.3. The van der Waals surface area contributed by atoms with Crippen molar-refractivity contribution in [3.8, 4) is 34.0 Å². The predicted molar refractivity (Wildman–Crippen MR) is 494 cm³/mol. The summed E-state index contributed by atoms with van der Waals surface area (Å²) in [6.45, 7) is 5.05. The summed E-state index contributed by atoms with van der Waals surface area (Å²) < 4.78 is 107. The highest BCUT2D eigenvalue weighted by molar-refractivity contribution is 7.59. The zero-order chi connectivity index (χ0) is 92.2. The van der Waals surface area contributed by atoms with Crippen LogP contribution in [0.4, 0.5) is 47.6 Å². The minimum Gasteiger partial charge on any atom is -0.447 e. The van der Waals surface area contributed by atoms with Crippen molar-refractivity contribution in [3.63, 3.8) is 0 Å². The number of nitrogens with zero attached hydrogens (tertiary/aromatic N) is 12. The van der Waals surface area contributed by atoms with Gasteiger partial charge in [0.05, 0.1) is 39.8 Å². The topological polar surface area (TPSA) is 375 Å². The number of hydrogen-bond donors (Lipinski definition) is 4. The van der Waals surface area contributed by atoms with Crippen molar-refractivity contribution < 1.29 is 97.6 Å². The van der Waals surface area contributed by atoms with Crippen molar-refractivity contribution in [1.29, 1.82) is 0 Å². The van der Waals surface area contributed by atoms with Gasteiger partial charge in [0.25, 0.3) is 5.91 Å². The van der Waals surface area contributed by atoms with E-state index in [2.05, 4.69) is 41.4 Å². The number of ether oxygens (including phenoxy) is 2. The number of azide groups is 1. The van der Waals surface area contributed by atoms with Crippen LogP contribution in [0.3, 0.4) is 0 Å². The van der Waals surface area contributed by atoms with Gasteiger partial charge in [-0.05, 0) is 159 Å². The van der Waals surface area contributed by atoms with Gasteiger partial charge in [0, 0.05) is 152 Å². The molecule has 6 heterocycles. The lowest BCUT2D eigenvalue weighted by Gasteiger charge is -2.30. The molecule has 4 N–H and O–H groups in total. The number of aromatic nitrogens is 3. The SMILES string of the molecule is CN(C(=O)CCc1cccc(F)c1Cl)[C@@H](CCC(=O)N1CCCCC1)COC(=O)Nc1cc(-c2cccc(F)c2)on1.CN(C(=O)CCc1cccc(F)c1Cl)[C@@H](CCC(=O)N1CCNCC1)COC(=O)Nc1cc(-c2cccc(F)c2)on1.CN(C(=O)CCc1cccc(F)c1Cl)[C@H](CO)CCC(=O)N1CCCCC1.S.S.S.[N-]=[N+]=NC(=O)c1cc(-c2cccc(F)c2)on1. The number of nitrogens with one attached hydrogen (secondary N) is 3. The Morgan fingerprint density at radius 3 is 1.15 bits per heavy atom. The molecule has 3 aliphatic rings. The van der Waals surface area contributed by atoms with Crippen LogP contribution in [-0.4, -0.2) is 215 Å². The summed E-state index contributed by atoms with van der Waals surface area (Å²) in [5.41, 5.74) is 10.9. The van der Waals surface area contributed by atoms with Crippen molar-refractivity contribution in [1.82, 2.24) is 50.2 Å². The van der Waals surface area contributed by atoms with Gasteiger partial charge in [-0.2, -0.15) is 40.5 Å². The van der Waals surface area contributed by atoms with E-state index in [9.17, 15) is 74.6 Å². The Bertz CT molecular complexity index is 5110. The second kappa shape index (κ2) is 55.8. The summed E-state index contributed by atoms with van der Waals surface area (Å²) in [5, 5.41) is 31.6. The Hall–Kier alpha value is -11.3. The van der Waals surface area contributed by atoms with Gasteiger partial charge in [-0.3, -0.25) is 44.2 Å². The molecular weight excluding hydrogens is 1840 g/mol. The maximum Gasteiger partial charge on any atom is 0.412 e.